The first-order valence-electron chi connectivity index (χ1n) is 6.55. The Labute approximate surface area is 121 Å². The van der Waals surface area contributed by atoms with E-state index in [0.717, 1.165) is 22.0 Å². The normalized spacial score (nSPS) is 11.0. The average Bonchev–Trinajstić information content (AvgIpc) is 2.74. The molecule has 2 heterocycles. The summed E-state index contributed by atoms with van der Waals surface area (Å²) in [7, 11) is 0. The van der Waals surface area contributed by atoms with Crippen LogP contribution in [-0.2, 0) is 11.2 Å². The molecule has 0 radical (unpaired) electrons. The number of aliphatic carboxylic acids is 1. The maximum absolute atomic E-state index is 11.0. The maximum Gasteiger partial charge on any atom is 0.307 e. The van der Waals surface area contributed by atoms with Crippen molar-refractivity contribution in [2.75, 3.05) is 0 Å². The van der Waals surface area contributed by atoms with Gasteiger partial charge in [0.1, 0.15) is 0 Å². The first kappa shape index (κ1) is 13.2. The minimum Gasteiger partial charge on any atom is -0.481 e. The second-order valence-electron chi connectivity index (χ2n) is 4.89. The molecule has 0 unspecified atom stereocenters. The van der Waals surface area contributed by atoms with E-state index in [9.17, 15) is 4.79 Å². The van der Waals surface area contributed by atoms with Crippen molar-refractivity contribution in [2.45, 2.75) is 20.3 Å². The number of nitrogens with zero attached hydrogens (tertiary/aromatic N) is 4. The SMILES string of the molecule is Cc1nn(-c2nncc3ccccc23)c(C)c1CC(=O)O. The van der Waals surface area contributed by atoms with Gasteiger partial charge in [0, 0.05) is 22.0 Å². The molecule has 0 saturated heterocycles. The van der Waals surface area contributed by atoms with Gasteiger partial charge in [-0.05, 0) is 13.8 Å². The van der Waals surface area contributed by atoms with Gasteiger partial charge >= 0.3 is 5.97 Å². The number of carboxylic acids is 1. The predicted octanol–water partition coefficient (Wildman–Crippen LogP) is 2.06. The molecule has 3 rings (SSSR count). The van der Waals surface area contributed by atoms with E-state index in [1.165, 1.54) is 0 Å². The lowest BCUT2D eigenvalue weighted by Crippen LogP contribution is -2.06. The summed E-state index contributed by atoms with van der Waals surface area (Å²) in [4.78, 5) is 11.0. The van der Waals surface area contributed by atoms with E-state index < -0.39 is 5.97 Å². The smallest absolute Gasteiger partial charge is 0.307 e. The highest BCUT2D eigenvalue weighted by molar-refractivity contribution is 5.87. The Morgan fingerprint density at radius 3 is 2.81 bits per heavy atom. The van der Waals surface area contributed by atoms with Gasteiger partial charge in [0.2, 0.25) is 0 Å². The zero-order valence-electron chi connectivity index (χ0n) is 11.7. The Hall–Kier alpha value is -2.76. The van der Waals surface area contributed by atoms with Gasteiger partial charge in [-0.3, -0.25) is 4.79 Å². The van der Waals surface area contributed by atoms with Gasteiger partial charge in [0.25, 0.3) is 0 Å². The molecule has 1 N–H and O–H groups in total. The standard InChI is InChI=1S/C15H14N4O2/c1-9-13(7-14(20)21)10(2)19(18-9)15-12-6-4-3-5-11(12)8-16-17-15/h3-6,8H,7H2,1-2H3,(H,20,21). The molecule has 21 heavy (non-hydrogen) atoms. The molecule has 0 fully saturated rings. The van der Waals surface area contributed by atoms with E-state index in [2.05, 4.69) is 15.3 Å². The Morgan fingerprint density at radius 1 is 1.29 bits per heavy atom. The highest BCUT2D eigenvalue weighted by Gasteiger charge is 2.17. The zero-order chi connectivity index (χ0) is 15.0. The number of aryl methyl sites for hydroxylation is 1. The third kappa shape index (κ3) is 2.24. The van der Waals surface area contributed by atoms with Crippen molar-refractivity contribution in [3.8, 4) is 5.82 Å². The van der Waals surface area contributed by atoms with Crippen molar-refractivity contribution < 1.29 is 9.90 Å². The topological polar surface area (TPSA) is 80.9 Å². The highest BCUT2D eigenvalue weighted by Crippen LogP contribution is 2.22. The first-order chi connectivity index (χ1) is 10.1. The number of benzene rings is 1. The number of carbonyl (C=O) groups is 1. The van der Waals surface area contributed by atoms with Crippen LogP contribution >= 0.6 is 0 Å². The van der Waals surface area contributed by atoms with Crippen LogP contribution in [0.5, 0.6) is 0 Å². The first-order valence-corrected chi connectivity index (χ1v) is 6.55. The molecular weight excluding hydrogens is 268 g/mol. The van der Waals surface area contributed by atoms with Crippen LogP contribution in [0.2, 0.25) is 0 Å². The Kier molecular flexibility index (Phi) is 3.13. The molecule has 0 amide bonds. The summed E-state index contributed by atoms with van der Waals surface area (Å²) in [5.74, 6) is -0.255. The zero-order valence-corrected chi connectivity index (χ0v) is 11.7. The molecule has 0 aliphatic rings. The molecule has 3 aromatic rings. The summed E-state index contributed by atoms with van der Waals surface area (Å²) in [6.07, 6.45) is 1.65. The summed E-state index contributed by atoms with van der Waals surface area (Å²) in [6.45, 7) is 3.65. The fourth-order valence-corrected chi connectivity index (χ4v) is 2.46. The van der Waals surface area contributed by atoms with Gasteiger partial charge in [0.05, 0.1) is 18.3 Å². The second kappa shape index (κ2) is 4.97. The van der Waals surface area contributed by atoms with Crippen molar-refractivity contribution in [2.24, 2.45) is 0 Å². The van der Waals surface area contributed by atoms with Crippen LogP contribution in [0.25, 0.3) is 16.6 Å². The Bertz CT molecular complexity index is 834. The van der Waals surface area contributed by atoms with Crippen LogP contribution in [0.4, 0.5) is 0 Å². The lowest BCUT2D eigenvalue weighted by atomic mass is 10.1. The molecule has 106 valence electrons. The van der Waals surface area contributed by atoms with Crippen LogP contribution in [0.3, 0.4) is 0 Å². The van der Waals surface area contributed by atoms with Gasteiger partial charge in [-0.15, -0.1) is 5.10 Å². The van der Waals surface area contributed by atoms with Crippen molar-refractivity contribution in [3.63, 3.8) is 0 Å². The van der Waals surface area contributed by atoms with Gasteiger partial charge in [-0.1, -0.05) is 24.3 Å². The van der Waals surface area contributed by atoms with Crippen LogP contribution in [0.1, 0.15) is 17.0 Å². The molecule has 6 heteroatoms. The van der Waals surface area contributed by atoms with E-state index in [1.54, 1.807) is 17.8 Å². The molecule has 0 aliphatic carbocycles. The van der Waals surface area contributed by atoms with E-state index >= 15 is 0 Å². The predicted molar refractivity (Wildman–Crippen MR) is 77.5 cm³/mol. The molecule has 0 saturated carbocycles. The summed E-state index contributed by atoms with van der Waals surface area (Å²) in [5, 5.41) is 23.5. The molecular formula is C15H14N4O2. The summed E-state index contributed by atoms with van der Waals surface area (Å²) >= 11 is 0. The van der Waals surface area contributed by atoms with Gasteiger partial charge < -0.3 is 5.11 Å². The van der Waals surface area contributed by atoms with E-state index in [1.807, 2.05) is 31.2 Å². The molecule has 1 aromatic carbocycles. The number of hydrogen-bond donors (Lipinski definition) is 1. The van der Waals surface area contributed by atoms with E-state index in [-0.39, 0.29) is 6.42 Å². The number of rotatable bonds is 3. The lowest BCUT2D eigenvalue weighted by molar-refractivity contribution is -0.136. The molecule has 6 nitrogen and oxygen atoms in total. The van der Waals surface area contributed by atoms with E-state index in [0.29, 0.717) is 11.5 Å². The minimum absolute atomic E-state index is 0.0458. The van der Waals surface area contributed by atoms with Crippen molar-refractivity contribution in [3.05, 3.63) is 47.4 Å². The number of hydrogen-bond acceptors (Lipinski definition) is 4. The monoisotopic (exact) mass is 282 g/mol. The van der Waals surface area contributed by atoms with Gasteiger partial charge in [-0.25, -0.2) is 4.68 Å². The molecule has 2 aromatic heterocycles. The molecule has 0 aliphatic heterocycles. The third-order valence-corrected chi connectivity index (χ3v) is 3.52. The molecule has 0 spiro atoms. The van der Waals surface area contributed by atoms with Crippen LogP contribution < -0.4 is 0 Å². The number of aromatic nitrogens is 4. The summed E-state index contributed by atoms with van der Waals surface area (Å²) < 4.78 is 1.67. The van der Waals surface area contributed by atoms with Crippen LogP contribution in [0.15, 0.2) is 30.5 Å². The number of carboxylic acid groups (broad SMARTS) is 1. The fraction of sp³-hybridized carbons (Fsp3) is 0.200. The van der Waals surface area contributed by atoms with Crippen molar-refractivity contribution in [1.29, 1.82) is 0 Å². The van der Waals surface area contributed by atoms with Crippen LogP contribution in [-0.4, -0.2) is 31.1 Å². The van der Waals surface area contributed by atoms with Gasteiger partial charge in [0.15, 0.2) is 5.82 Å². The molecule has 0 bridgehead atoms. The summed E-state index contributed by atoms with van der Waals surface area (Å²) in [6, 6.07) is 7.77. The second-order valence-corrected chi connectivity index (χ2v) is 4.89. The quantitative estimate of drug-likeness (QED) is 0.795. The largest absolute Gasteiger partial charge is 0.481 e. The van der Waals surface area contributed by atoms with Crippen molar-refractivity contribution in [1.82, 2.24) is 20.0 Å². The Morgan fingerprint density at radius 2 is 2.05 bits per heavy atom. The Balaban J connectivity index is 2.22. The maximum atomic E-state index is 11.0. The lowest BCUT2D eigenvalue weighted by Gasteiger charge is -2.06. The summed E-state index contributed by atoms with van der Waals surface area (Å²) in [5.41, 5.74) is 2.20. The third-order valence-electron chi connectivity index (χ3n) is 3.52. The van der Waals surface area contributed by atoms with E-state index in [4.69, 9.17) is 5.11 Å². The molecule has 0 atom stereocenters. The minimum atomic E-state index is -0.871. The number of fused-ring (bicyclic) bond motifs is 1. The van der Waals surface area contributed by atoms with Crippen molar-refractivity contribution >= 4 is 16.7 Å². The average molecular weight is 282 g/mol. The highest BCUT2D eigenvalue weighted by atomic mass is 16.4. The fourth-order valence-electron chi connectivity index (χ4n) is 2.46. The van der Waals surface area contributed by atoms with Gasteiger partial charge in [-0.2, -0.15) is 10.2 Å². The van der Waals surface area contributed by atoms with Crippen LogP contribution in [0, 0.1) is 13.8 Å².